The number of carbonyl (C=O) groups is 2. The van der Waals surface area contributed by atoms with Crippen molar-refractivity contribution in [1.29, 1.82) is 0 Å². The van der Waals surface area contributed by atoms with E-state index in [2.05, 4.69) is 15.5 Å². The van der Waals surface area contributed by atoms with Crippen LogP contribution in [0.4, 0.5) is 13.2 Å². The predicted octanol–water partition coefficient (Wildman–Crippen LogP) is 5.70. The fraction of sp³-hybridized carbons (Fsp3) is 0.375. The Morgan fingerprint density at radius 2 is 1.40 bits per heavy atom. The van der Waals surface area contributed by atoms with Gasteiger partial charge < -0.3 is 15.5 Å². The molecule has 0 bridgehead atoms. The average Bonchev–Trinajstić information content (AvgIpc) is 3.26. The molecule has 1 fully saturated rings. The second kappa shape index (κ2) is 11.8. The predicted molar refractivity (Wildman–Crippen MR) is 149 cm³/mol. The van der Waals surface area contributed by atoms with Crippen LogP contribution in [-0.4, -0.2) is 55.1 Å². The quantitative estimate of drug-likeness (QED) is 0.337. The summed E-state index contributed by atoms with van der Waals surface area (Å²) in [6.07, 6.45) is -0.825. The van der Waals surface area contributed by atoms with E-state index in [9.17, 15) is 22.8 Å². The lowest BCUT2D eigenvalue weighted by molar-refractivity contribution is -0.141. The summed E-state index contributed by atoms with van der Waals surface area (Å²) < 4.78 is 39.2. The first-order valence-electron chi connectivity index (χ1n) is 13.9. The molecule has 0 saturated carbocycles. The minimum absolute atomic E-state index is 0.0507. The van der Waals surface area contributed by atoms with Gasteiger partial charge in [-0.05, 0) is 66.6 Å². The van der Waals surface area contributed by atoms with E-state index in [0.717, 1.165) is 61.2 Å². The fourth-order valence-electron chi connectivity index (χ4n) is 6.17. The molecule has 0 spiro atoms. The monoisotopic (exact) mass is 549 g/mol. The summed E-state index contributed by atoms with van der Waals surface area (Å²) in [5, 5.41) is 5.33. The number of hydrogen-bond donors (Lipinski definition) is 2. The molecule has 1 aliphatic carbocycles. The number of halogens is 3. The third kappa shape index (κ3) is 5.92. The highest BCUT2D eigenvalue weighted by Crippen LogP contribution is 2.51. The van der Waals surface area contributed by atoms with Gasteiger partial charge >= 0.3 is 6.18 Å². The maximum Gasteiger partial charge on any atom is 0.405 e. The molecule has 1 aliphatic heterocycles. The molecular formula is C32H34F3N3O2. The lowest BCUT2D eigenvalue weighted by atomic mass is 9.73. The average molecular weight is 550 g/mol. The number of alkyl halides is 3. The highest BCUT2D eigenvalue weighted by molar-refractivity contribution is 6.00. The second-order valence-corrected chi connectivity index (χ2v) is 10.7. The summed E-state index contributed by atoms with van der Waals surface area (Å²) in [6.45, 7) is 1.21. The first-order valence-corrected chi connectivity index (χ1v) is 13.9. The molecule has 3 aromatic carbocycles. The Morgan fingerprint density at radius 3 is 2.00 bits per heavy atom. The van der Waals surface area contributed by atoms with Gasteiger partial charge in [-0.1, -0.05) is 73.2 Å². The standard InChI is InChI=1S/C32H34F3N3O2/c33-32(34,35)22-36-30(40)31(27-14-6-4-12-25(27)26-13-5-7-15-28(26)31)18-8-9-19-38-20-16-24(17-21-38)37-29(39)23-10-2-1-3-11-23/h1-7,10-15,24H,8-9,16-22H2,(H,36,40)(H,37,39). The number of fused-ring (bicyclic) bond motifs is 3. The van der Waals surface area contributed by atoms with E-state index in [1.54, 1.807) is 0 Å². The Hall–Kier alpha value is -3.65. The summed E-state index contributed by atoms with van der Waals surface area (Å²) in [5.74, 6) is -0.650. The van der Waals surface area contributed by atoms with Crippen molar-refractivity contribution in [1.82, 2.24) is 15.5 Å². The third-order valence-corrected chi connectivity index (χ3v) is 8.14. The van der Waals surface area contributed by atoms with Crippen LogP contribution < -0.4 is 10.6 Å². The smallest absolute Gasteiger partial charge is 0.349 e. The molecule has 2 aliphatic rings. The van der Waals surface area contributed by atoms with Gasteiger partial charge in [-0.2, -0.15) is 13.2 Å². The summed E-state index contributed by atoms with van der Waals surface area (Å²) >= 11 is 0. The van der Waals surface area contributed by atoms with Crippen LogP contribution in [0.15, 0.2) is 78.9 Å². The number of nitrogens with one attached hydrogen (secondary N) is 2. The topological polar surface area (TPSA) is 61.4 Å². The van der Waals surface area contributed by atoms with E-state index in [0.29, 0.717) is 18.4 Å². The molecule has 210 valence electrons. The van der Waals surface area contributed by atoms with E-state index in [4.69, 9.17) is 0 Å². The van der Waals surface area contributed by atoms with Crippen molar-refractivity contribution in [2.24, 2.45) is 0 Å². The van der Waals surface area contributed by atoms with Crippen LogP contribution >= 0.6 is 0 Å². The summed E-state index contributed by atoms with van der Waals surface area (Å²) in [7, 11) is 0. The van der Waals surface area contributed by atoms with Crippen molar-refractivity contribution < 1.29 is 22.8 Å². The van der Waals surface area contributed by atoms with Crippen LogP contribution in [0.25, 0.3) is 11.1 Å². The molecule has 0 atom stereocenters. The van der Waals surface area contributed by atoms with Crippen LogP contribution in [0.3, 0.4) is 0 Å². The van der Waals surface area contributed by atoms with Gasteiger partial charge in [0.1, 0.15) is 12.0 Å². The van der Waals surface area contributed by atoms with E-state index in [1.165, 1.54) is 0 Å². The molecule has 5 rings (SSSR count). The van der Waals surface area contributed by atoms with Gasteiger partial charge in [-0.15, -0.1) is 0 Å². The first-order chi connectivity index (χ1) is 19.3. The van der Waals surface area contributed by atoms with Crippen molar-refractivity contribution in [3.63, 3.8) is 0 Å². The number of carbonyl (C=O) groups excluding carboxylic acids is 2. The number of hydrogen-bond acceptors (Lipinski definition) is 3. The van der Waals surface area contributed by atoms with Gasteiger partial charge in [0.05, 0.1) is 0 Å². The lowest BCUT2D eigenvalue weighted by Crippen LogP contribution is -2.47. The van der Waals surface area contributed by atoms with Crippen molar-refractivity contribution >= 4 is 11.8 Å². The summed E-state index contributed by atoms with van der Waals surface area (Å²) in [6, 6.07) is 24.4. The normalized spacial score (nSPS) is 16.7. The Bertz CT molecular complexity index is 1290. The molecule has 2 N–H and O–H groups in total. The highest BCUT2D eigenvalue weighted by Gasteiger charge is 2.49. The third-order valence-electron chi connectivity index (χ3n) is 8.14. The maximum atomic E-state index is 13.6. The molecule has 8 heteroatoms. The van der Waals surface area contributed by atoms with Gasteiger partial charge in [0.25, 0.3) is 5.91 Å². The number of piperidine rings is 1. The lowest BCUT2D eigenvalue weighted by Gasteiger charge is -2.33. The summed E-state index contributed by atoms with van der Waals surface area (Å²) in [5.41, 5.74) is 2.84. The summed E-state index contributed by atoms with van der Waals surface area (Å²) in [4.78, 5) is 28.4. The number of amides is 2. The van der Waals surface area contributed by atoms with Crippen LogP contribution in [0, 0.1) is 0 Å². The van der Waals surface area contributed by atoms with E-state index in [1.807, 2.05) is 78.9 Å². The maximum absolute atomic E-state index is 13.6. The molecule has 5 nitrogen and oxygen atoms in total. The van der Waals surface area contributed by atoms with E-state index < -0.39 is 24.0 Å². The molecular weight excluding hydrogens is 515 g/mol. The second-order valence-electron chi connectivity index (χ2n) is 10.7. The molecule has 1 saturated heterocycles. The zero-order chi connectivity index (χ0) is 28.2. The van der Waals surface area contributed by atoms with Gasteiger partial charge in [0.2, 0.25) is 5.91 Å². The number of nitrogens with zero attached hydrogens (tertiary/aromatic N) is 1. The molecule has 0 aromatic heterocycles. The van der Waals surface area contributed by atoms with Crippen molar-refractivity contribution in [2.45, 2.75) is 49.7 Å². The molecule has 3 aromatic rings. The Balaban J connectivity index is 1.21. The zero-order valence-electron chi connectivity index (χ0n) is 22.3. The van der Waals surface area contributed by atoms with Crippen LogP contribution in [0.5, 0.6) is 0 Å². The van der Waals surface area contributed by atoms with Gasteiger partial charge in [0, 0.05) is 24.7 Å². The molecule has 40 heavy (non-hydrogen) atoms. The minimum atomic E-state index is -4.48. The van der Waals surface area contributed by atoms with Crippen LogP contribution in [0.2, 0.25) is 0 Å². The fourth-order valence-corrected chi connectivity index (χ4v) is 6.17. The zero-order valence-corrected chi connectivity index (χ0v) is 22.3. The van der Waals surface area contributed by atoms with Crippen molar-refractivity contribution in [3.05, 3.63) is 95.6 Å². The van der Waals surface area contributed by atoms with Gasteiger partial charge in [-0.25, -0.2) is 0 Å². The molecule has 2 amide bonds. The van der Waals surface area contributed by atoms with Crippen molar-refractivity contribution in [3.8, 4) is 11.1 Å². The largest absolute Gasteiger partial charge is 0.405 e. The Morgan fingerprint density at radius 1 is 0.825 bits per heavy atom. The first kappa shape index (κ1) is 27.9. The van der Waals surface area contributed by atoms with Crippen LogP contribution in [0.1, 0.15) is 53.6 Å². The van der Waals surface area contributed by atoms with Gasteiger partial charge in [-0.3, -0.25) is 9.59 Å². The van der Waals surface area contributed by atoms with Crippen molar-refractivity contribution in [2.75, 3.05) is 26.2 Å². The van der Waals surface area contributed by atoms with E-state index >= 15 is 0 Å². The van der Waals surface area contributed by atoms with Crippen LogP contribution in [-0.2, 0) is 10.2 Å². The number of unbranched alkanes of at least 4 members (excludes halogenated alkanes) is 1. The highest BCUT2D eigenvalue weighted by atomic mass is 19.4. The SMILES string of the molecule is O=C(NC1CCN(CCCCC2(C(=O)NCC(F)(F)F)c3ccccc3-c3ccccc32)CC1)c1ccccc1. The van der Waals surface area contributed by atoms with E-state index in [-0.39, 0.29) is 11.9 Å². The number of rotatable bonds is 9. The molecule has 0 unspecified atom stereocenters. The number of likely N-dealkylation sites (tertiary alicyclic amines) is 1. The number of benzene rings is 3. The Labute approximate surface area is 232 Å². The van der Waals surface area contributed by atoms with Gasteiger partial charge in [0.15, 0.2) is 0 Å². The Kier molecular flexibility index (Phi) is 8.26. The minimum Gasteiger partial charge on any atom is -0.349 e. The molecule has 1 heterocycles. The molecule has 0 radical (unpaired) electrons.